The number of benzene rings is 1. The molecule has 0 aliphatic heterocycles. The zero-order valence-corrected chi connectivity index (χ0v) is 18.7. The van der Waals surface area contributed by atoms with E-state index in [1.165, 1.54) is 27.9 Å². The summed E-state index contributed by atoms with van der Waals surface area (Å²) >= 11 is 0. The number of carbonyl (C=O) groups excluding carboxylic acids is 3. The van der Waals surface area contributed by atoms with Gasteiger partial charge in [0, 0.05) is 26.4 Å². The Kier molecular flexibility index (Phi) is 8.16. The average molecular weight is 421 g/mol. The van der Waals surface area contributed by atoms with E-state index in [4.69, 9.17) is 4.74 Å². The van der Waals surface area contributed by atoms with Gasteiger partial charge in [-0.15, -0.1) is 0 Å². The lowest BCUT2D eigenvalue weighted by Crippen LogP contribution is -2.64. The van der Waals surface area contributed by atoms with Gasteiger partial charge < -0.3 is 19.5 Å². The Balaban J connectivity index is 3.29. The summed E-state index contributed by atoms with van der Waals surface area (Å²) in [4.78, 5) is 51.8. The first-order valence-electron chi connectivity index (χ1n) is 9.74. The number of hydrogen-bond donors (Lipinski definition) is 1. The Bertz CT molecular complexity index is 774. The molecule has 166 valence electrons. The third-order valence-corrected chi connectivity index (χ3v) is 5.19. The van der Waals surface area contributed by atoms with Crippen molar-refractivity contribution in [2.75, 3.05) is 14.1 Å². The fraction of sp³-hybridized carbons (Fsp3) is 0.545. The second-order valence-corrected chi connectivity index (χ2v) is 8.48. The molecule has 0 spiro atoms. The van der Waals surface area contributed by atoms with Gasteiger partial charge in [-0.2, -0.15) is 0 Å². The molecule has 0 saturated heterocycles. The van der Waals surface area contributed by atoms with Crippen LogP contribution < -0.4 is 0 Å². The highest BCUT2D eigenvalue weighted by molar-refractivity contribution is 5.93. The molecular formula is C22H32N2O6. The van der Waals surface area contributed by atoms with Gasteiger partial charge in [-0.25, -0.2) is 9.59 Å². The Morgan fingerprint density at radius 3 is 2.07 bits per heavy atom. The van der Waals surface area contributed by atoms with E-state index in [1.807, 2.05) is 0 Å². The molecule has 2 amide bonds. The van der Waals surface area contributed by atoms with Crippen molar-refractivity contribution in [3.8, 4) is 0 Å². The first kappa shape index (κ1) is 25.1. The number of rotatable bonds is 8. The van der Waals surface area contributed by atoms with Crippen molar-refractivity contribution in [1.29, 1.82) is 0 Å². The number of aldehydes is 1. The number of amides is 2. The molecule has 30 heavy (non-hydrogen) atoms. The van der Waals surface area contributed by atoms with Crippen molar-refractivity contribution < 1.29 is 29.0 Å². The number of hydrogen-bond acceptors (Lipinski definition) is 5. The van der Waals surface area contributed by atoms with E-state index >= 15 is 0 Å². The van der Waals surface area contributed by atoms with Crippen LogP contribution in [0.15, 0.2) is 30.3 Å². The second-order valence-electron chi connectivity index (χ2n) is 8.48. The highest BCUT2D eigenvalue weighted by Crippen LogP contribution is 2.30. The predicted octanol–water partition coefficient (Wildman–Crippen LogP) is 2.60. The molecule has 0 bridgehead atoms. The smallest absolute Gasteiger partial charge is 0.410 e. The summed E-state index contributed by atoms with van der Waals surface area (Å²) in [6, 6.07) is 7.79. The van der Waals surface area contributed by atoms with Gasteiger partial charge in [-0.05, 0) is 33.3 Å². The van der Waals surface area contributed by atoms with Crippen LogP contribution in [0.1, 0.15) is 40.2 Å². The van der Waals surface area contributed by atoms with Crippen LogP contribution in [0.2, 0.25) is 0 Å². The molecule has 0 saturated carbocycles. The minimum Gasteiger partial charge on any atom is -0.479 e. The van der Waals surface area contributed by atoms with Crippen LogP contribution in [-0.4, -0.2) is 70.4 Å². The summed E-state index contributed by atoms with van der Waals surface area (Å²) in [5, 5.41) is 10.1. The van der Waals surface area contributed by atoms with Crippen molar-refractivity contribution in [2.24, 2.45) is 5.92 Å². The fourth-order valence-electron chi connectivity index (χ4n) is 3.15. The maximum absolute atomic E-state index is 13.2. The van der Waals surface area contributed by atoms with Crippen LogP contribution in [0, 0.1) is 5.92 Å². The molecule has 0 aliphatic carbocycles. The van der Waals surface area contributed by atoms with Gasteiger partial charge in [0.2, 0.25) is 5.91 Å². The summed E-state index contributed by atoms with van der Waals surface area (Å²) in [5.41, 5.74) is -1.89. The Labute approximate surface area is 177 Å². The van der Waals surface area contributed by atoms with Crippen molar-refractivity contribution in [2.45, 2.75) is 58.2 Å². The van der Waals surface area contributed by atoms with E-state index in [1.54, 1.807) is 51.1 Å². The molecule has 0 heterocycles. The van der Waals surface area contributed by atoms with E-state index in [9.17, 15) is 24.3 Å². The highest BCUT2D eigenvalue weighted by atomic mass is 16.6. The van der Waals surface area contributed by atoms with E-state index in [0.29, 0.717) is 11.8 Å². The summed E-state index contributed by atoms with van der Waals surface area (Å²) in [7, 11) is 2.76. The van der Waals surface area contributed by atoms with Crippen LogP contribution in [0.4, 0.5) is 4.79 Å². The number of nitrogens with zero attached hydrogens (tertiary/aromatic N) is 2. The molecule has 0 aromatic heterocycles. The van der Waals surface area contributed by atoms with Gasteiger partial charge in [-0.3, -0.25) is 9.69 Å². The van der Waals surface area contributed by atoms with Gasteiger partial charge in [-0.1, -0.05) is 37.3 Å². The molecule has 1 aromatic rings. The lowest BCUT2D eigenvalue weighted by molar-refractivity contribution is -0.164. The third-order valence-electron chi connectivity index (χ3n) is 5.19. The first-order valence-corrected chi connectivity index (χ1v) is 9.74. The summed E-state index contributed by atoms with van der Waals surface area (Å²) in [5.74, 6) is -2.91. The zero-order chi connectivity index (χ0) is 23.3. The minimum absolute atomic E-state index is 0.0613. The topological polar surface area (TPSA) is 104 Å². The fourth-order valence-corrected chi connectivity index (χ4v) is 3.15. The standard InChI is InChI=1S/C22H32N2O6/c1-15(14-25)22(19(27)28,13-17-11-9-8-10-12-17)24(7)18(26)16(2)23(6)20(29)30-21(3,4)5/h8-12,14-16H,13H2,1-7H3,(H,27,28)/t15-,16-,22+/m1/s1. The molecule has 3 atom stereocenters. The number of aliphatic carboxylic acids is 1. The molecule has 0 aliphatic rings. The van der Waals surface area contributed by atoms with Crippen LogP contribution in [-0.2, 0) is 25.5 Å². The van der Waals surface area contributed by atoms with Crippen molar-refractivity contribution in [1.82, 2.24) is 9.80 Å². The van der Waals surface area contributed by atoms with E-state index in [2.05, 4.69) is 0 Å². The molecule has 0 fully saturated rings. The second kappa shape index (κ2) is 9.73. The number of likely N-dealkylation sites (N-methyl/N-ethyl adjacent to an activating group) is 2. The van der Waals surface area contributed by atoms with Crippen LogP contribution in [0.5, 0.6) is 0 Å². The minimum atomic E-state index is -1.82. The van der Waals surface area contributed by atoms with Crippen molar-refractivity contribution >= 4 is 24.3 Å². The number of carbonyl (C=O) groups is 4. The Hall–Kier alpha value is -2.90. The van der Waals surface area contributed by atoms with Gasteiger partial charge in [0.15, 0.2) is 5.54 Å². The molecule has 8 nitrogen and oxygen atoms in total. The molecule has 1 N–H and O–H groups in total. The largest absolute Gasteiger partial charge is 0.479 e. The van der Waals surface area contributed by atoms with Gasteiger partial charge in [0.05, 0.1) is 0 Å². The Morgan fingerprint density at radius 2 is 1.63 bits per heavy atom. The van der Waals surface area contributed by atoms with E-state index in [-0.39, 0.29) is 6.42 Å². The van der Waals surface area contributed by atoms with Gasteiger partial charge in [0.25, 0.3) is 0 Å². The lowest BCUT2D eigenvalue weighted by atomic mass is 9.78. The number of carboxylic acids is 1. The predicted molar refractivity (Wildman–Crippen MR) is 112 cm³/mol. The highest BCUT2D eigenvalue weighted by Gasteiger charge is 2.50. The SMILES string of the molecule is C[C@H](C(=O)N(C)[C@](Cc1ccccc1)(C(=O)O)[C@H](C)C=O)N(C)C(=O)OC(C)(C)C. The normalized spacial score (nSPS) is 15.3. The van der Waals surface area contributed by atoms with Crippen LogP contribution >= 0.6 is 0 Å². The quantitative estimate of drug-likeness (QED) is 0.648. The maximum atomic E-state index is 13.2. The molecule has 1 rings (SSSR count). The monoisotopic (exact) mass is 420 g/mol. The molecule has 0 unspecified atom stereocenters. The Morgan fingerprint density at radius 1 is 1.10 bits per heavy atom. The van der Waals surface area contributed by atoms with Crippen LogP contribution in [0.3, 0.4) is 0 Å². The first-order chi connectivity index (χ1) is 13.8. The van der Waals surface area contributed by atoms with Crippen molar-refractivity contribution in [3.05, 3.63) is 35.9 Å². The zero-order valence-electron chi connectivity index (χ0n) is 18.7. The molecular weight excluding hydrogens is 388 g/mol. The summed E-state index contributed by atoms with van der Waals surface area (Å²) in [6.45, 7) is 8.08. The summed E-state index contributed by atoms with van der Waals surface area (Å²) < 4.78 is 5.29. The molecule has 1 aromatic carbocycles. The van der Waals surface area contributed by atoms with Gasteiger partial charge in [0.1, 0.15) is 17.9 Å². The average Bonchev–Trinajstić information content (AvgIpc) is 2.68. The van der Waals surface area contributed by atoms with Crippen molar-refractivity contribution in [3.63, 3.8) is 0 Å². The third kappa shape index (κ3) is 5.58. The molecule has 8 heteroatoms. The van der Waals surface area contributed by atoms with E-state index in [0.717, 1.165) is 9.80 Å². The maximum Gasteiger partial charge on any atom is 0.410 e. The van der Waals surface area contributed by atoms with E-state index < -0.39 is 41.1 Å². The number of carboxylic acid groups (broad SMARTS) is 1. The van der Waals surface area contributed by atoms with Gasteiger partial charge >= 0.3 is 12.1 Å². The lowest BCUT2D eigenvalue weighted by Gasteiger charge is -2.43. The number of ether oxygens (including phenoxy) is 1. The summed E-state index contributed by atoms with van der Waals surface area (Å²) in [6.07, 6.45) is -0.235. The van der Waals surface area contributed by atoms with Crippen LogP contribution in [0.25, 0.3) is 0 Å². The molecule has 0 radical (unpaired) electrons.